The van der Waals surface area contributed by atoms with Gasteiger partial charge in [0.1, 0.15) is 0 Å². The van der Waals surface area contributed by atoms with Gasteiger partial charge < -0.3 is 10.6 Å². The third-order valence-electron chi connectivity index (χ3n) is 2.96. The summed E-state index contributed by atoms with van der Waals surface area (Å²) in [5, 5.41) is 6.49. The van der Waals surface area contributed by atoms with Crippen LogP contribution in [0.5, 0.6) is 0 Å². The SMILES string of the molecule is CCC(NCC1CCC(=O)N1)C(C)C. The molecule has 1 aliphatic heterocycles. The molecular formula is C11H22N2O. The first-order valence-electron chi connectivity index (χ1n) is 5.66. The van der Waals surface area contributed by atoms with Gasteiger partial charge in [-0.05, 0) is 18.8 Å². The predicted octanol–water partition coefficient (Wildman–Crippen LogP) is 1.29. The Hall–Kier alpha value is -0.570. The second-order valence-corrected chi connectivity index (χ2v) is 4.47. The predicted molar refractivity (Wildman–Crippen MR) is 58.1 cm³/mol. The van der Waals surface area contributed by atoms with Gasteiger partial charge in [-0.15, -0.1) is 0 Å². The molecule has 3 heteroatoms. The van der Waals surface area contributed by atoms with Crippen molar-refractivity contribution in [1.82, 2.24) is 10.6 Å². The summed E-state index contributed by atoms with van der Waals surface area (Å²) in [6.07, 6.45) is 2.84. The summed E-state index contributed by atoms with van der Waals surface area (Å²) in [5.74, 6) is 0.867. The van der Waals surface area contributed by atoms with E-state index in [2.05, 4.69) is 31.4 Å². The molecular weight excluding hydrogens is 176 g/mol. The van der Waals surface area contributed by atoms with E-state index in [4.69, 9.17) is 0 Å². The van der Waals surface area contributed by atoms with Gasteiger partial charge in [0.15, 0.2) is 0 Å². The smallest absolute Gasteiger partial charge is 0.220 e. The molecule has 0 radical (unpaired) electrons. The third kappa shape index (κ3) is 3.29. The van der Waals surface area contributed by atoms with E-state index in [-0.39, 0.29) is 5.91 Å². The van der Waals surface area contributed by atoms with Crippen molar-refractivity contribution in [2.75, 3.05) is 6.54 Å². The summed E-state index contributed by atoms with van der Waals surface area (Å²) in [6.45, 7) is 7.58. The fraction of sp³-hybridized carbons (Fsp3) is 0.909. The number of amides is 1. The van der Waals surface area contributed by atoms with Gasteiger partial charge in [0.25, 0.3) is 0 Å². The lowest BCUT2D eigenvalue weighted by molar-refractivity contribution is -0.119. The summed E-state index contributed by atoms with van der Waals surface area (Å²) in [4.78, 5) is 11.0. The molecule has 1 fully saturated rings. The van der Waals surface area contributed by atoms with Crippen molar-refractivity contribution >= 4 is 5.91 Å². The van der Waals surface area contributed by atoms with Crippen LogP contribution in [0, 0.1) is 5.92 Å². The monoisotopic (exact) mass is 198 g/mol. The van der Waals surface area contributed by atoms with Crippen molar-refractivity contribution in [2.45, 2.75) is 52.1 Å². The topological polar surface area (TPSA) is 41.1 Å². The van der Waals surface area contributed by atoms with E-state index < -0.39 is 0 Å². The average Bonchev–Trinajstić information content (AvgIpc) is 2.52. The van der Waals surface area contributed by atoms with Crippen molar-refractivity contribution in [3.05, 3.63) is 0 Å². The van der Waals surface area contributed by atoms with Gasteiger partial charge in [0, 0.05) is 25.0 Å². The zero-order valence-corrected chi connectivity index (χ0v) is 9.47. The Kier molecular flexibility index (Phi) is 4.39. The van der Waals surface area contributed by atoms with Crippen LogP contribution in [0.25, 0.3) is 0 Å². The van der Waals surface area contributed by atoms with Crippen LogP contribution in [0.15, 0.2) is 0 Å². The molecule has 2 unspecified atom stereocenters. The van der Waals surface area contributed by atoms with Crippen LogP contribution in [-0.2, 0) is 4.79 Å². The maximum atomic E-state index is 11.0. The maximum absolute atomic E-state index is 11.0. The lowest BCUT2D eigenvalue weighted by Gasteiger charge is -2.22. The van der Waals surface area contributed by atoms with Gasteiger partial charge in [-0.2, -0.15) is 0 Å². The molecule has 2 atom stereocenters. The van der Waals surface area contributed by atoms with Crippen LogP contribution in [0.2, 0.25) is 0 Å². The quantitative estimate of drug-likeness (QED) is 0.699. The summed E-state index contributed by atoms with van der Waals surface area (Å²) in [5.41, 5.74) is 0. The molecule has 0 spiro atoms. The van der Waals surface area contributed by atoms with Crippen LogP contribution < -0.4 is 10.6 Å². The molecule has 1 saturated heterocycles. The first-order valence-corrected chi connectivity index (χ1v) is 5.66. The fourth-order valence-electron chi connectivity index (χ4n) is 1.98. The Morgan fingerprint density at radius 3 is 2.71 bits per heavy atom. The van der Waals surface area contributed by atoms with Crippen LogP contribution in [-0.4, -0.2) is 24.5 Å². The van der Waals surface area contributed by atoms with Gasteiger partial charge in [-0.3, -0.25) is 4.79 Å². The molecule has 82 valence electrons. The molecule has 14 heavy (non-hydrogen) atoms. The first-order chi connectivity index (χ1) is 6.63. The van der Waals surface area contributed by atoms with Gasteiger partial charge >= 0.3 is 0 Å². The Bertz CT molecular complexity index is 192. The highest BCUT2D eigenvalue weighted by Crippen LogP contribution is 2.08. The molecule has 0 bridgehead atoms. The molecule has 0 aromatic rings. The minimum absolute atomic E-state index is 0.203. The van der Waals surface area contributed by atoms with E-state index >= 15 is 0 Å². The Labute approximate surface area is 86.6 Å². The van der Waals surface area contributed by atoms with E-state index in [9.17, 15) is 4.79 Å². The number of hydrogen-bond acceptors (Lipinski definition) is 2. The number of carbonyl (C=O) groups is 1. The molecule has 2 N–H and O–H groups in total. The average molecular weight is 198 g/mol. The van der Waals surface area contributed by atoms with Crippen molar-refractivity contribution in [2.24, 2.45) is 5.92 Å². The van der Waals surface area contributed by atoms with Gasteiger partial charge in [-0.1, -0.05) is 20.8 Å². The van der Waals surface area contributed by atoms with Crippen LogP contribution in [0.1, 0.15) is 40.0 Å². The van der Waals surface area contributed by atoms with Crippen LogP contribution in [0.3, 0.4) is 0 Å². The highest BCUT2D eigenvalue weighted by molar-refractivity contribution is 5.78. The number of hydrogen-bond donors (Lipinski definition) is 2. The molecule has 0 aromatic carbocycles. The van der Waals surface area contributed by atoms with E-state index in [0.29, 0.717) is 24.4 Å². The highest BCUT2D eigenvalue weighted by Gasteiger charge is 2.21. The van der Waals surface area contributed by atoms with E-state index in [1.54, 1.807) is 0 Å². The zero-order chi connectivity index (χ0) is 10.6. The Morgan fingerprint density at radius 2 is 2.29 bits per heavy atom. The number of carbonyl (C=O) groups excluding carboxylic acids is 1. The Morgan fingerprint density at radius 1 is 1.57 bits per heavy atom. The third-order valence-corrected chi connectivity index (χ3v) is 2.96. The zero-order valence-electron chi connectivity index (χ0n) is 9.47. The number of nitrogens with one attached hydrogen (secondary N) is 2. The van der Waals surface area contributed by atoms with Crippen molar-refractivity contribution in [3.63, 3.8) is 0 Å². The minimum atomic E-state index is 0.203. The summed E-state index contributed by atoms with van der Waals surface area (Å²) >= 11 is 0. The molecule has 0 saturated carbocycles. The van der Waals surface area contributed by atoms with Crippen molar-refractivity contribution in [1.29, 1.82) is 0 Å². The molecule has 1 aliphatic rings. The standard InChI is InChI=1S/C11H22N2O/c1-4-10(8(2)3)12-7-9-5-6-11(14)13-9/h8-10,12H,4-7H2,1-3H3,(H,13,14). The summed E-state index contributed by atoms with van der Waals surface area (Å²) in [7, 11) is 0. The van der Waals surface area contributed by atoms with E-state index in [1.807, 2.05) is 0 Å². The first kappa shape index (κ1) is 11.5. The van der Waals surface area contributed by atoms with Crippen LogP contribution >= 0.6 is 0 Å². The van der Waals surface area contributed by atoms with E-state index in [0.717, 1.165) is 19.4 Å². The molecule has 1 heterocycles. The van der Waals surface area contributed by atoms with Crippen molar-refractivity contribution < 1.29 is 4.79 Å². The lowest BCUT2D eigenvalue weighted by Crippen LogP contribution is -2.42. The van der Waals surface area contributed by atoms with Gasteiger partial charge in [0.05, 0.1) is 0 Å². The largest absolute Gasteiger partial charge is 0.352 e. The second kappa shape index (κ2) is 5.35. The summed E-state index contributed by atoms with van der Waals surface area (Å²) in [6, 6.07) is 0.933. The Balaban J connectivity index is 2.22. The van der Waals surface area contributed by atoms with Gasteiger partial charge in [0.2, 0.25) is 5.91 Å². The molecule has 0 aromatic heterocycles. The second-order valence-electron chi connectivity index (χ2n) is 4.47. The number of rotatable bonds is 5. The summed E-state index contributed by atoms with van der Waals surface area (Å²) < 4.78 is 0. The van der Waals surface area contributed by atoms with E-state index in [1.165, 1.54) is 0 Å². The molecule has 1 rings (SSSR count). The normalized spacial score (nSPS) is 24.0. The molecule has 1 amide bonds. The molecule has 0 aliphatic carbocycles. The maximum Gasteiger partial charge on any atom is 0.220 e. The minimum Gasteiger partial charge on any atom is -0.352 e. The van der Waals surface area contributed by atoms with Crippen molar-refractivity contribution in [3.8, 4) is 0 Å². The van der Waals surface area contributed by atoms with Gasteiger partial charge in [-0.25, -0.2) is 0 Å². The highest BCUT2D eigenvalue weighted by atomic mass is 16.1. The van der Waals surface area contributed by atoms with Crippen LogP contribution in [0.4, 0.5) is 0 Å². The lowest BCUT2D eigenvalue weighted by atomic mass is 10.0. The molecule has 3 nitrogen and oxygen atoms in total. The fourth-order valence-corrected chi connectivity index (χ4v) is 1.98.